The molecular weight excluding hydrogens is 370 g/mol. The Labute approximate surface area is 159 Å². The van der Waals surface area contributed by atoms with Gasteiger partial charge in [-0.1, -0.05) is 12.1 Å². The van der Waals surface area contributed by atoms with E-state index in [1.54, 1.807) is 30.3 Å². The number of aliphatic carboxylic acids is 1. The van der Waals surface area contributed by atoms with Gasteiger partial charge in [0.05, 0.1) is 11.1 Å². The maximum absolute atomic E-state index is 11.7. The van der Waals surface area contributed by atoms with E-state index in [4.69, 9.17) is 14.6 Å². The van der Waals surface area contributed by atoms with Gasteiger partial charge in [0.2, 0.25) is 0 Å². The first-order chi connectivity index (χ1) is 13.4. The van der Waals surface area contributed by atoms with Crippen LogP contribution in [-0.4, -0.2) is 40.8 Å². The summed E-state index contributed by atoms with van der Waals surface area (Å²) in [6.45, 7) is 0.974. The van der Waals surface area contributed by atoms with Gasteiger partial charge in [0.1, 0.15) is 5.75 Å². The van der Waals surface area contributed by atoms with Crippen LogP contribution in [0.1, 0.15) is 12.5 Å². The van der Waals surface area contributed by atoms with Gasteiger partial charge in [-0.15, -0.1) is 0 Å². The minimum atomic E-state index is -1.07. The Balaban J connectivity index is 1.83. The molecule has 2 N–H and O–H groups in total. The average molecular weight is 387 g/mol. The standard InChI is InChI=1S/C18H17N3O7/c1-12(18(23)24)28-14-8-6-13(7-9-14)10-19-20-17(22)11-27-16-5-3-2-4-15(16)21(25)26/h2-10,12H,11H2,1H3,(H,20,22)(H,23,24)/b19-10+/t12-/m1/s1. The highest BCUT2D eigenvalue weighted by Crippen LogP contribution is 2.25. The van der Waals surface area contributed by atoms with Crippen LogP contribution in [0.2, 0.25) is 0 Å². The van der Waals surface area contributed by atoms with Gasteiger partial charge in [0, 0.05) is 6.07 Å². The lowest BCUT2D eigenvalue weighted by Crippen LogP contribution is -2.24. The molecule has 1 atom stereocenters. The molecule has 0 aromatic heterocycles. The average Bonchev–Trinajstić information content (AvgIpc) is 2.67. The number of hydrogen-bond donors (Lipinski definition) is 2. The van der Waals surface area contributed by atoms with Crippen molar-refractivity contribution >= 4 is 23.8 Å². The Hall–Kier alpha value is -3.95. The molecule has 0 aliphatic rings. The van der Waals surface area contributed by atoms with Crippen LogP contribution < -0.4 is 14.9 Å². The number of carboxylic acid groups (broad SMARTS) is 1. The third kappa shape index (κ3) is 6.09. The van der Waals surface area contributed by atoms with Crippen LogP contribution in [0.3, 0.4) is 0 Å². The number of carbonyl (C=O) groups excluding carboxylic acids is 1. The predicted octanol–water partition coefficient (Wildman–Crippen LogP) is 1.98. The third-order valence-electron chi connectivity index (χ3n) is 3.36. The van der Waals surface area contributed by atoms with E-state index in [1.807, 2.05) is 0 Å². The monoisotopic (exact) mass is 387 g/mol. The van der Waals surface area contributed by atoms with Crippen molar-refractivity contribution in [3.05, 3.63) is 64.2 Å². The highest BCUT2D eigenvalue weighted by Gasteiger charge is 2.14. The summed E-state index contributed by atoms with van der Waals surface area (Å²) in [6.07, 6.45) is 0.395. The van der Waals surface area contributed by atoms with Crippen LogP contribution in [0.15, 0.2) is 53.6 Å². The van der Waals surface area contributed by atoms with E-state index in [9.17, 15) is 19.7 Å². The molecular formula is C18H17N3O7. The number of nitro groups is 1. The van der Waals surface area contributed by atoms with Crippen LogP contribution in [0, 0.1) is 10.1 Å². The van der Waals surface area contributed by atoms with Crippen molar-refractivity contribution in [2.75, 3.05) is 6.61 Å². The van der Waals surface area contributed by atoms with Gasteiger partial charge in [-0.2, -0.15) is 5.10 Å². The van der Waals surface area contributed by atoms with Gasteiger partial charge in [-0.3, -0.25) is 14.9 Å². The van der Waals surface area contributed by atoms with Crippen molar-refractivity contribution in [1.82, 2.24) is 5.43 Å². The van der Waals surface area contributed by atoms with E-state index in [0.717, 1.165) is 0 Å². The second-order valence-corrected chi connectivity index (χ2v) is 5.47. The summed E-state index contributed by atoms with van der Waals surface area (Å²) in [7, 11) is 0. The third-order valence-corrected chi connectivity index (χ3v) is 3.36. The molecule has 0 bridgehead atoms. The fraction of sp³-hybridized carbons (Fsp3) is 0.167. The largest absolute Gasteiger partial charge is 0.479 e. The maximum Gasteiger partial charge on any atom is 0.344 e. The van der Waals surface area contributed by atoms with Crippen LogP contribution in [0.4, 0.5) is 5.69 Å². The molecule has 0 saturated heterocycles. The molecule has 0 unspecified atom stereocenters. The molecule has 0 fully saturated rings. The van der Waals surface area contributed by atoms with E-state index in [1.165, 1.54) is 31.3 Å². The first-order valence-corrected chi connectivity index (χ1v) is 8.04. The number of para-hydroxylation sites is 2. The number of nitrogens with zero attached hydrogens (tertiary/aromatic N) is 2. The number of hydrogen-bond acceptors (Lipinski definition) is 7. The molecule has 0 aliphatic carbocycles. The Bertz CT molecular complexity index is 881. The van der Waals surface area contributed by atoms with E-state index in [0.29, 0.717) is 11.3 Å². The van der Waals surface area contributed by atoms with Gasteiger partial charge in [0.15, 0.2) is 18.5 Å². The predicted molar refractivity (Wildman–Crippen MR) is 98.5 cm³/mol. The minimum Gasteiger partial charge on any atom is -0.479 e. The van der Waals surface area contributed by atoms with Crippen molar-refractivity contribution < 1.29 is 29.1 Å². The Morgan fingerprint density at radius 3 is 2.57 bits per heavy atom. The lowest BCUT2D eigenvalue weighted by molar-refractivity contribution is -0.385. The second kappa shape index (κ2) is 9.67. The first-order valence-electron chi connectivity index (χ1n) is 8.04. The lowest BCUT2D eigenvalue weighted by Gasteiger charge is -2.09. The van der Waals surface area contributed by atoms with Crippen LogP contribution in [0.25, 0.3) is 0 Å². The van der Waals surface area contributed by atoms with Crippen molar-refractivity contribution in [3.8, 4) is 11.5 Å². The summed E-state index contributed by atoms with van der Waals surface area (Å²) < 4.78 is 10.3. The second-order valence-electron chi connectivity index (χ2n) is 5.47. The van der Waals surface area contributed by atoms with E-state index in [2.05, 4.69) is 10.5 Å². The molecule has 0 aliphatic heterocycles. The molecule has 10 nitrogen and oxygen atoms in total. The number of hydrazone groups is 1. The van der Waals surface area contributed by atoms with Crippen molar-refractivity contribution in [2.24, 2.45) is 5.10 Å². The van der Waals surface area contributed by atoms with Gasteiger partial charge < -0.3 is 14.6 Å². The molecule has 0 radical (unpaired) electrons. The zero-order chi connectivity index (χ0) is 20.5. The summed E-state index contributed by atoms with van der Waals surface area (Å²) in [5, 5.41) is 23.4. The fourth-order valence-corrected chi connectivity index (χ4v) is 1.97. The molecule has 0 heterocycles. The fourth-order valence-electron chi connectivity index (χ4n) is 1.97. The Morgan fingerprint density at radius 2 is 1.93 bits per heavy atom. The van der Waals surface area contributed by atoms with Crippen LogP contribution in [0.5, 0.6) is 11.5 Å². The topological polar surface area (TPSA) is 140 Å². The van der Waals surface area contributed by atoms with E-state index < -0.39 is 29.5 Å². The number of amides is 1. The van der Waals surface area contributed by atoms with E-state index >= 15 is 0 Å². The summed E-state index contributed by atoms with van der Waals surface area (Å²) in [5.41, 5.74) is 2.64. The number of nitrogens with one attached hydrogen (secondary N) is 1. The summed E-state index contributed by atoms with van der Waals surface area (Å²) in [5.74, 6) is -1.30. The first kappa shape index (κ1) is 20.4. The SMILES string of the molecule is C[C@@H](Oc1ccc(/C=N/NC(=O)COc2ccccc2[N+](=O)[O-])cc1)C(=O)O. The minimum absolute atomic E-state index is 0.0159. The van der Waals surface area contributed by atoms with Gasteiger partial charge in [0.25, 0.3) is 5.91 Å². The molecule has 10 heteroatoms. The molecule has 28 heavy (non-hydrogen) atoms. The molecule has 2 rings (SSSR count). The smallest absolute Gasteiger partial charge is 0.344 e. The highest BCUT2D eigenvalue weighted by molar-refractivity contribution is 5.83. The van der Waals surface area contributed by atoms with Crippen LogP contribution >= 0.6 is 0 Å². The summed E-state index contributed by atoms with van der Waals surface area (Å²) in [4.78, 5) is 32.7. The number of benzene rings is 2. The quantitative estimate of drug-likeness (QED) is 0.381. The van der Waals surface area contributed by atoms with Gasteiger partial charge >= 0.3 is 11.7 Å². The Kier molecular flexibility index (Phi) is 7.03. The van der Waals surface area contributed by atoms with Crippen molar-refractivity contribution in [3.63, 3.8) is 0 Å². The van der Waals surface area contributed by atoms with E-state index in [-0.39, 0.29) is 11.4 Å². The highest BCUT2D eigenvalue weighted by atomic mass is 16.6. The number of ether oxygens (including phenoxy) is 2. The molecule has 146 valence electrons. The maximum atomic E-state index is 11.7. The number of nitro benzene ring substituents is 1. The van der Waals surface area contributed by atoms with Gasteiger partial charge in [-0.05, 0) is 42.8 Å². The number of rotatable bonds is 9. The number of carbonyl (C=O) groups is 2. The number of carboxylic acids is 1. The van der Waals surface area contributed by atoms with Crippen molar-refractivity contribution in [1.29, 1.82) is 0 Å². The lowest BCUT2D eigenvalue weighted by atomic mass is 10.2. The van der Waals surface area contributed by atoms with Gasteiger partial charge in [-0.25, -0.2) is 10.2 Å². The zero-order valence-corrected chi connectivity index (χ0v) is 14.8. The van der Waals surface area contributed by atoms with Crippen molar-refractivity contribution in [2.45, 2.75) is 13.0 Å². The molecule has 0 saturated carbocycles. The normalized spacial score (nSPS) is 11.6. The van der Waals surface area contributed by atoms with Crippen LogP contribution in [-0.2, 0) is 9.59 Å². The molecule has 1 amide bonds. The summed E-state index contributed by atoms with van der Waals surface area (Å²) in [6, 6.07) is 12.1. The molecule has 2 aromatic carbocycles. The zero-order valence-electron chi connectivity index (χ0n) is 14.8. The molecule has 2 aromatic rings. The summed E-state index contributed by atoms with van der Waals surface area (Å²) >= 11 is 0. The Morgan fingerprint density at radius 1 is 1.25 bits per heavy atom. The molecule has 0 spiro atoms.